The van der Waals surface area contributed by atoms with Gasteiger partial charge in [0.05, 0.1) is 0 Å². The number of alkyl halides is 3. The Labute approximate surface area is 71.2 Å². The fraction of sp³-hybridized carbons (Fsp3) is 0.333. The second-order valence-corrected chi connectivity index (χ2v) is 2.71. The molecule has 6 heteroatoms. The predicted molar refractivity (Wildman–Crippen MR) is 38.8 cm³/mol. The smallest absolute Gasteiger partial charge is 0.248 e. The highest BCUT2D eigenvalue weighted by Crippen LogP contribution is 2.32. The predicted octanol–water partition coefficient (Wildman–Crippen LogP) is 2.22. The zero-order valence-electron chi connectivity index (χ0n) is 6.09. The molecule has 0 radical (unpaired) electrons. The van der Waals surface area contributed by atoms with Crippen molar-refractivity contribution in [2.45, 2.75) is 11.2 Å². The normalized spacial score (nSPS) is 11.7. The molecule has 0 aliphatic heterocycles. The molecule has 1 heterocycles. The van der Waals surface area contributed by atoms with E-state index in [-0.39, 0.29) is 5.03 Å². The lowest BCUT2D eigenvalue weighted by Crippen LogP contribution is -2.10. The molecule has 0 spiro atoms. The van der Waals surface area contributed by atoms with E-state index in [4.69, 9.17) is 0 Å². The Morgan fingerprint density at radius 2 is 1.83 bits per heavy atom. The van der Waals surface area contributed by atoms with Crippen molar-refractivity contribution in [1.29, 1.82) is 0 Å². The molecule has 0 atom stereocenters. The summed E-state index contributed by atoms with van der Waals surface area (Å²) in [5, 5.41) is -0.0926. The molecule has 1 aromatic heterocycles. The maximum Gasteiger partial charge on any atom is 0.436 e. The standard InChI is InChI=1S/C6H5F3N2S/c1-12-5-4(6(7,8)9)10-2-3-11-5/h2-3H,1H3. The van der Waals surface area contributed by atoms with E-state index in [0.29, 0.717) is 0 Å². The second kappa shape index (κ2) is 3.30. The summed E-state index contributed by atoms with van der Waals surface area (Å²) in [6, 6.07) is 0. The maximum atomic E-state index is 12.1. The number of rotatable bonds is 1. The van der Waals surface area contributed by atoms with Crippen LogP contribution in [0.25, 0.3) is 0 Å². The first kappa shape index (κ1) is 9.31. The van der Waals surface area contributed by atoms with E-state index in [0.717, 1.165) is 18.0 Å². The maximum absolute atomic E-state index is 12.1. The zero-order chi connectivity index (χ0) is 9.19. The summed E-state index contributed by atoms with van der Waals surface area (Å²) in [7, 11) is 0. The molecule has 0 saturated carbocycles. The van der Waals surface area contributed by atoms with Crippen LogP contribution in [0.4, 0.5) is 13.2 Å². The quantitative estimate of drug-likeness (QED) is 0.641. The van der Waals surface area contributed by atoms with Gasteiger partial charge in [0.2, 0.25) is 0 Å². The molecule has 0 bridgehead atoms. The van der Waals surface area contributed by atoms with Gasteiger partial charge < -0.3 is 0 Å². The molecule has 0 fully saturated rings. The Hall–Kier alpha value is -0.780. The van der Waals surface area contributed by atoms with E-state index in [1.165, 1.54) is 12.5 Å². The molecule has 1 aromatic rings. The summed E-state index contributed by atoms with van der Waals surface area (Å²) in [5.41, 5.74) is -0.919. The SMILES string of the molecule is CSc1nccnc1C(F)(F)F. The van der Waals surface area contributed by atoms with Gasteiger partial charge in [-0.05, 0) is 6.26 Å². The summed E-state index contributed by atoms with van der Waals surface area (Å²) in [6.07, 6.45) is -0.616. The van der Waals surface area contributed by atoms with Crippen LogP contribution in [0.3, 0.4) is 0 Å². The molecular formula is C6H5F3N2S. The second-order valence-electron chi connectivity index (χ2n) is 1.91. The largest absolute Gasteiger partial charge is 0.436 e. The Kier molecular flexibility index (Phi) is 2.56. The molecule has 0 N–H and O–H groups in total. The van der Waals surface area contributed by atoms with Crippen molar-refractivity contribution in [2.75, 3.05) is 6.26 Å². The van der Waals surface area contributed by atoms with Crippen LogP contribution in [0.5, 0.6) is 0 Å². The minimum Gasteiger partial charge on any atom is -0.248 e. The number of aromatic nitrogens is 2. The van der Waals surface area contributed by atoms with E-state index in [2.05, 4.69) is 9.97 Å². The van der Waals surface area contributed by atoms with E-state index < -0.39 is 11.9 Å². The fourth-order valence-electron chi connectivity index (χ4n) is 0.669. The highest BCUT2D eigenvalue weighted by molar-refractivity contribution is 7.98. The highest BCUT2D eigenvalue weighted by atomic mass is 32.2. The van der Waals surface area contributed by atoms with Crippen LogP contribution >= 0.6 is 11.8 Å². The van der Waals surface area contributed by atoms with Crippen molar-refractivity contribution in [3.05, 3.63) is 18.1 Å². The van der Waals surface area contributed by atoms with Gasteiger partial charge in [0.15, 0.2) is 5.69 Å². The van der Waals surface area contributed by atoms with Crippen molar-refractivity contribution >= 4 is 11.8 Å². The monoisotopic (exact) mass is 194 g/mol. The van der Waals surface area contributed by atoms with Crippen LogP contribution in [0, 0.1) is 0 Å². The lowest BCUT2D eigenvalue weighted by molar-refractivity contribution is -0.143. The van der Waals surface area contributed by atoms with Crippen LogP contribution in [0.15, 0.2) is 17.4 Å². The number of halogens is 3. The van der Waals surface area contributed by atoms with Gasteiger partial charge in [0.25, 0.3) is 0 Å². The molecule has 0 aliphatic rings. The van der Waals surface area contributed by atoms with Crippen molar-refractivity contribution in [2.24, 2.45) is 0 Å². The molecule has 2 nitrogen and oxygen atoms in total. The molecule has 12 heavy (non-hydrogen) atoms. The summed E-state index contributed by atoms with van der Waals surface area (Å²) >= 11 is 0.929. The first-order chi connectivity index (χ1) is 5.55. The lowest BCUT2D eigenvalue weighted by atomic mass is 10.4. The van der Waals surface area contributed by atoms with Crippen molar-refractivity contribution < 1.29 is 13.2 Å². The van der Waals surface area contributed by atoms with E-state index in [1.807, 2.05) is 0 Å². The minimum absolute atomic E-state index is 0.0926. The number of hydrogen-bond acceptors (Lipinski definition) is 3. The fourth-order valence-corrected chi connectivity index (χ4v) is 1.20. The van der Waals surface area contributed by atoms with E-state index >= 15 is 0 Å². The highest BCUT2D eigenvalue weighted by Gasteiger charge is 2.35. The summed E-state index contributed by atoms with van der Waals surface area (Å²) in [6.45, 7) is 0. The average molecular weight is 194 g/mol. The average Bonchev–Trinajstić information content (AvgIpc) is 2.03. The Morgan fingerprint density at radius 1 is 1.25 bits per heavy atom. The molecule has 0 aromatic carbocycles. The van der Waals surface area contributed by atoms with E-state index in [9.17, 15) is 13.2 Å². The molecule has 0 saturated heterocycles. The molecule has 0 amide bonds. The molecule has 0 unspecified atom stereocenters. The van der Waals surface area contributed by atoms with Gasteiger partial charge in [0, 0.05) is 12.4 Å². The van der Waals surface area contributed by atoms with Crippen LogP contribution in [0.2, 0.25) is 0 Å². The molecule has 0 aliphatic carbocycles. The molecule has 66 valence electrons. The topological polar surface area (TPSA) is 25.8 Å². The van der Waals surface area contributed by atoms with Crippen LogP contribution in [0.1, 0.15) is 5.69 Å². The van der Waals surface area contributed by atoms with Gasteiger partial charge in [-0.3, -0.25) is 0 Å². The zero-order valence-corrected chi connectivity index (χ0v) is 6.91. The van der Waals surface area contributed by atoms with Gasteiger partial charge in [-0.2, -0.15) is 13.2 Å². The van der Waals surface area contributed by atoms with Gasteiger partial charge in [-0.15, -0.1) is 11.8 Å². The lowest BCUT2D eigenvalue weighted by Gasteiger charge is -2.07. The third kappa shape index (κ3) is 1.88. The minimum atomic E-state index is -4.41. The third-order valence-electron chi connectivity index (χ3n) is 1.13. The molecule has 1 rings (SSSR count). The number of thioether (sulfide) groups is 1. The van der Waals surface area contributed by atoms with Gasteiger partial charge >= 0.3 is 6.18 Å². The van der Waals surface area contributed by atoms with E-state index in [1.54, 1.807) is 0 Å². The van der Waals surface area contributed by atoms with Gasteiger partial charge in [0.1, 0.15) is 5.03 Å². The summed E-state index contributed by atoms with van der Waals surface area (Å²) in [4.78, 5) is 6.76. The summed E-state index contributed by atoms with van der Waals surface area (Å²) in [5.74, 6) is 0. The van der Waals surface area contributed by atoms with Crippen LogP contribution < -0.4 is 0 Å². The van der Waals surface area contributed by atoms with Crippen molar-refractivity contribution in [1.82, 2.24) is 9.97 Å². The van der Waals surface area contributed by atoms with Crippen LogP contribution in [-0.2, 0) is 6.18 Å². The number of hydrogen-bond donors (Lipinski definition) is 0. The molecular weight excluding hydrogens is 189 g/mol. The first-order valence-corrected chi connectivity index (χ1v) is 4.20. The number of nitrogens with zero attached hydrogens (tertiary/aromatic N) is 2. The van der Waals surface area contributed by atoms with Gasteiger partial charge in [-0.1, -0.05) is 0 Å². The Morgan fingerprint density at radius 3 is 2.25 bits per heavy atom. The summed E-state index contributed by atoms with van der Waals surface area (Å²) < 4.78 is 36.4. The van der Waals surface area contributed by atoms with Crippen LogP contribution in [-0.4, -0.2) is 16.2 Å². The first-order valence-electron chi connectivity index (χ1n) is 2.98. The van der Waals surface area contributed by atoms with Gasteiger partial charge in [-0.25, -0.2) is 9.97 Å². The van der Waals surface area contributed by atoms with Crippen molar-refractivity contribution in [3.63, 3.8) is 0 Å². The third-order valence-corrected chi connectivity index (χ3v) is 1.81. The Balaban J connectivity index is 3.14. The Bertz CT molecular complexity index is 274. The van der Waals surface area contributed by atoms with Crippen molar-refractivity contribution in [3.8, 4) is 0 Å².